The monoisotopic (exact) mass is 303 g/mol. The minimum Gasteiger partial charge on any atom is -0.302 e. The van der Waals surface area contributed by atoms with Crippen LogP contribution < -0.4 is 5.32 Å². The largest absolute Gasteiger partial charge is 0.302 e. The SMILES string of the molecule is CC(=O)Nc1nc(CN(C)C2CCS(=O)(=O)C2)cs1. The number of rotatable bonds is 4. The highest BCUT2D eigenvalue weighted by atomic mass is 32.2. The average Bonchev–Trinajstić information content (AvgIpc) is 2.84. The van der Waals surface area contributed by atoms with Crippen molar-refractivity contribution >= 4 is 32.2 Å². The van der Waals surface area contributed by atoms with Gasteiger partial charge in [-0.25, -0.2) is 13.4 Å². The summed E-state index contributed by atoms with van der Waals surface area (Å²) in [7, 11) is -0.954. The molecule has 1 fully saturated rings. The van der Waals surface area contributed by atoms with E-state index in [1.165, 1.54) is 18.3 Å². The highest BCUT2D eigenvalue weighted by Gasteiger charge is 2.30. The number of hydrogen-bond donors (Lipinski definition) is 1. The Morgan fingerprint density at radius 3 is 2.95 bits per heavy atom. The lowest BCUT2D eigenvalue weighted by Gasteiger charge is -2.21. The maximum Gasteiger partial charge on any atom is 0.223 e. The van der Waals surface area contributed by atoms with Gasteiger partial charge in [0.05, 0.1) is 17.2 Å². The maximum absolute atomic E-state index is 11.4. The molecule has 1 aromatic heterocycles. The lowest BCUT2D eigenvalue weighted by molar-refractivity contribution is -0.114. The molecule has 19 heavy (non-hydrogen) atoms. The van der Waals surface area contributed by atoms with Gasteiger partial charge in [-0.1, -0.05) is 0 Å². The van der Waals surface area contributed by atoms with E-state index in [1.807, 2.05) is 17.3 Å². The quantitative estimate of drug-likeness (QED) is 0.886. The molecule has 1 aliphatic rings. The van der Waals surface area contributed by atoms with E-state index in [-0.39, 0.29) is 23.5 Å². The molecule has 1 saturated heterocycles. The second-order valence-corrected chi connectivity index (χ2v) is 7.88. The number of aromatic nitrogens is 1. The van der Waals surface area contributed by atoms with Crippen molar-refractivity contribution in [2.45, 2.75) is 25.9 Å². The van der Waals surface area contributed by atoms with E-state index < -0.39 is 9.84 Å². The molecule has 1 amide bonds. The highest BCUT2D eigenvalue weighted by molar-refractivity contribution is 7.91. The summed E-state index contributed by atoms with van der Waals surface area (Å²) in [6.45, 7) is 2.03. The number of nitrogens with one attached hydrogen (secondary N) is 1. The molecule has 106 valence electrons. The predicted octanol–water partition coefficient (Wildman–Crippen LogP) is 0.720. The first-order chi connectivity index (χ1) is 8.85. The van der Waals surface area contributed by atoms with Crippen molar-refractivity contribution in [3.05, 3.63) is 11.1 Å². The van der Waals surface area contributed by atoms with Crippen LogP contribution in [0.3, 0.4) is 0 Å². The minimum atomic E-state index is -2.86. The third-order valence-electron chi connectivity index (χ3n) is 3.08. The molecule has 1 aromatic rings. The molecule has 8 heteroatoms. The van der Waals surface area contributed by atoms with Gasteiger partial charge in [0.15, 0.2) is 15.0 Å². The Balaban J connectivity index is 1.94. The summed E-state index contributed by atoms with van der Waals surface area (Å²) in [5.74, 6) is 0.360. The summed E-state index contributed by atoms with van der Waals surface area (Å²) in [6.07, 6.45) is 0.682. The smallest absolute Gasteiger partial charge is 0.223 e. The minimum absolute atomic E-state index is 0.0657. The van der Waals surface area contributed by atoms with Crippen molar-refractivity contribution in [1.82, 2.24) is 9.88 Å². The van der Waals surface area contributed by atoms with Crippen LogP contribution in [0.1, 0.15) is 19.0 Å². The van der Waals surface area contributed by atoms with E-state index in [0.717, 1.165) is 5.69 Å². The Kier molecular flexibility index (Phi) is 4.22. The van der Waals surface area contributed by atoms with Gasteiger partial charge in [-0.15, -0.1) is 11.3 Å². The fourth-order valence-electron chi connectivity index (χ4n) is 2.10. The zero-order valence-corrected chi connectivity index (χ0v) is 12.6. The van der Waals surface area contributed by atoms with Gasteiger partial charge in [-0.05, 0) is 13.5 Å². The predicted molar refractivity (Wildman–Crippen MR) is 74.9 cm³/mol. The zero-order chi connectivity index (χ0) is 14.0. The zero-order valence-electron chi connectivity index (χ0n) is 10.9. The van der Waals surface area contributed by atoms with Gasteiger partial charge in [0.25, 0.3) is 0 Å². The number of thiazole rings is 1. The molecule has 1 aliphatic heterocycles. The first-order valence-electron chi connectivity index (χ1n) is 5.98. The van der Waals surface area contributed by atoms with Gasteiger partial charge in [0, 0.05) is 24.9 Å². The number of carbonyl (C=O) groups excluding carboxylic acids is 1. The Hall–Kier alpha value is -0.990. The summed E-state index contributed by atoms with van der Waals surface area (Å²) in [6, 6.07) is 0.0657. The Morgan fingerprint density at radius 2 is 2.37 bits per heavy atom. The third-order valence-corrected chi connectivity index (χ3v) is 5.63. The average molecular weight is 303 g/mol. The van der Waals surface area contributed by atoms with Gasteiger partial charge in [0.1, 0.15) is 0 Å². The summed E-state index contributed by atoms with van der Waals surface area (Å²) >= 11 is 1.37. The second-order valence-electron chi connectivity index (χ2n) is 4.80. The first kappa shape index (κ1) is 14.4. The molecular weight excluding hydrogens is 286 g/mol. The van der Waals surface area contributed by atoms with Crippen molar-refractivity contribution in [3.63, 3.8) is 0 Å². The van der Waals surface area contributed by atoms with E-state index in [2.05, 4.69) is 10.3 Å². The summed E-state index contributed by atoms with van der Waals surface area (Å²) < 4.78 is 22.9. The fourth-order valence-corrected chi connectivity index (χ4v) is 4.65. The molecule has 0 spiro atoms. The summed E-state index contributed by atoms with van der Waals surface area (Å²) in [5.41, 5.74) is 0.848. The van der Waals surface area contributed by atoms with Gasteiger partial charge < -0.3 is 5.32 Å². The molecule has 2 heterocycles. The van der Waals surface area contributed by atoms with E-state index in [4.69, 9.17) is 0 Å². The van der Waals surface area contributed by atoms with E-state index in [9.17, 15) is 13.2 Å². The third kappa shape index (κ3) is 3.99. The molecule has 6 nitrogen and oxygen atoms in total. The van der Waals surface area contributed by atoms with E-state index >= 15 is 0 Å². The van der Waals surface area contributed by atoms with Crippen molar-refractivity contribution in [3.8, 4) is 0 Å². The Labute approximate surface area is 116 Å². The van der Waals surface area contributed by atoms with Crippen molar-refractivity contribution < 1.29 is 13.2 Å². The van der Waals surface area contributed by atoms with Crippen molar-refractivity contribution in [2.24, 2.45) is 0 Å². The molecule has 2 rings (SSSR count). The molecule has 0 aliphatic carbocycles. The van der Waals surface area contributed by atoms with Gasteiger partial charge in [0.2, 0.25) is 5.91 Å². The van der Waals surface area contributed by atoms with Crippen LogP contribution in [0.2, 0.25) is 0 Å². The Bertz CT molecular complexity index is 567. The first-order valence-corrected chi connectivity index (χ1v) is 8.68. The molecule has 1 atom stereocenters. The lowest BCUT2D eigenvalue weighted by atomic mass is 10.2. The second kappa shape index (κ2) is 5.56. The number of sulfone groups is 1. The highest BCUT2D eigenvalue weighted by Crippen LogP contribution is 2.20. The van der Waals surface area contributed by atoms with Crippen LogP contribution in [0.4, 0.5) is 5.13 Å². The molecular formula is C11H17N3O3S2. The van der Waals surface area contributed by atoms with E-state index in [0.29, 0.717) is 18.1 Å². The number of anilines is 1. The molecule has 0 bridgehead atoms. The van der Waals surface area contributed by atoms with Crippen LogP contribution in [0, 0.1) is 0 Å². The van der Waals surface area contributed by atoms with Crippen LogP contribution in [0.5, 0.6) is 0 Å². The van der Waals surface area contributed by atoms with Crippen LogP contribution in [0.15, 0.2) is 5.38 Å². The Morgan fingerprint density at radius 1 is 1.63 bits per heavy atom. The standard InChI is InChI=1S/C11H17N3O3S2/c1-8(15)12-11-13-9(6-18-11)5-14(2)10-3-4-19(16,17)7-10/h6,10H,3-5,7H2,1-2H3,(H,12,13,15). The van der Waals surface area contributed by atoms with Crippen molar-refractivity contribution in [2.75, 3.05) is 23.9 Å². The maximum atomic E-state index is 11.4. The number of nitrogens with zero attached hydrogens (tertiary/aromatic N) is 2. The van der Waals surface area contributed by atoms with Gasteiger partial charge in [-0.3, -0.25) is 9.69 Å². The molecule has 1 N–H and O–H groups in total. The van der Waals surface area contributed by atoms with Gasteiger partial charge in [-0.2, -0.15) is 0 Å². The lowest BCUT2D eigenvalue weighted by Crippen LogP contribution is -2.32. The summed E-state index contributed by atoms with van der Waals surface area (Å²) in [5, 5.41) is 5.09. The molecule has 0 saturated carbocycles. The molecule has 1 unspecified atom stereocenters. The van der Waals surface area contributed by atoms with Crippen LogP contribution in [0.25, 0.3) is 0 Å². The number of hydrogen-bond acceptors (Lipinski definition) is 6. The van der Waals surface area contributed by atoms with Crippen molar-refractivity contribution in [1.29, 1.82) is 0 Å². The van der Waals surface area contributed by atoms with Crippen LogP contribution in [-0.2, 0) is 21.2 Å². The molecule has 0 aromatic carbocycles. The summed E-state index contributed by atoms with van der Waals surface area (Å²) in [4.78, 5) is 17.2. The normalized spacial score (nSPS) is 21.7. The van der Waals surface area contributed by atoms with Gasteiger partial charge >= 0.3 is 0 Å². The molecule has 0 radical (unpaired) electrons. The van der Waals surface area contributed by atoms with Crippen LogP contribution in [-0.4, -0.2) is 48.8 Å². The van der Waals surface area contributed by atoms with E-state index in [1.54, 1.807) is 0 Å². The number of carbonyl (C=O) groups is 1. The van der Waals surface area contributed by atoms with Crippen LogP contribution >= 0.6 is 11.3 Å². The fraction of sp³-hybridized carbons (Fsp3) is 0.636. The topological polar surface area (TPSA) is 79.4 Å². The number of amides is 1.